The van der Waals surface area contributed by atoms with Crippen molar-refractivity contribution in [3.8, 4) is 0 Å². The standard InChI is InChI=1S/C13H25NO4/c1-10(2)9-18-13(16)14-6-8-17-7-5-12(15)11(3)4/h10-11H,5-9H2,1-4H3,(H,14,16). The summed E-state index contributed by atoms with van der Waals surface area (Å²) in [5.41, 5.74) is 0. The van der Waals surface area contributed by atoms with Crippen LogP contribution in [0.15, 0.2) is 0 Å². The Kier molecular flexibility index (Phi) is 9.28. The van der Waals surface area contributed by atoms with Gasteiger partial charge >= 0.3 is 6.09 Å². The molecule has 0 aromatic rings. The topological polar surface area (TPSA) is 64.6 Å². The van der Waals surface area contributed by atoms with E-state index in [4.69, 9.17) is 9.47 Å². The Hall–Kier alpha value is -1.10. The van der Waals surface area contributed by atoms with E-state index < -0.39 is 6.09 Å². The monoisotopic (exact) mass is 259 g/mol. The molecule has 5 nitrogen and oxygen atoms in total. The highest BCUT2D eigenvalue weighted by atomic mass is 16.5. The zero-order valence-electron chi connectivity index (χ0n) is 11.8. The van der Waals surface area contributed by atoms with Gasteiger partial charge in [-0.05, 0) is 5.92 Å². The van der Waals surface area contributed by atoms with Crippen LogP contribution in [-0.2, 0) is 14.3 Å². The lowest BCUT2D eigenvalue weighted by Crippen LogP contribution is -2.29. The van der Waals surface area contributed by atoms with Crippen molar-refractivity contribution in [1.82, 2.24) is 5.32 Å². The predicted octanol–water partition coefficient (Wildman–Crippen LogP) is 2.00. The lowest BCUT2D eigenvalue weighted by atomic mass is 10.1. The molecule has 0 aromatic carbocycles. The second-order valence-corrected chi connectivity index (χ2v) is 4.90. The number of amides is 1. The molecule has 0 saturated heterocycles. The molecule has 0 rings (SSSR count). The number of hydrogen-bond donors (Lipinski definition) is 1. The van der Waals surface area contributed by atoms with E-state index in [-0.39, 0.29) is 11.7 Å². The number of nitrogens with one attached hydrogen (secondary N) is 1. The average molecular weight is 259 g/mol. The van der Waals surface area contributed by atoms with Crippen LogP contribution in [0.25, 0.3) is 0 Å². The van der Waals surface area contributed by atoms with E-state index in [0.29, 0.717) is 38.7 Å². The minimum Gasteiger partial charge on any atom is -0.449 e. The van der Waals surface area contributed by atoms with Crippen molar-refractivity contribution in [3.05, 3.63) is 0 Å². The van der Waals surface area contributed by atoms with E-state index in [9.17, 15) is 9.59 Å². The van der Waals surface area contributed by atoms with E-state index in [1.165, 1.54) is 0 Å². The van der Waals surface area contributed by atoms with Gasteiger partial charge in [-0.1, -0.05) is 27.7 Å². The van der Waals surface area contributed by atoms with Gasteiger partial charge in [-0.15, -0.1) is 0 Å². The summed E-state index contributed by atoms with van der Waals surface area (Å²) in [7, 11) is 0. The first-order chi connectivity index (χ1) is 8.43. The number of ether oxygens (including phenoxy) is 2. The normalized spacial score (nSPS) is 10.8. The molecule has 18 heavy (non-hydrogen) atoms. The first kappa shape index (κ1) is 16.9. The van der Waals surface area contributed by atoms with Crippen LogP contribution in [0.1, 0.15) is 34.1 Å². The summed E-state index contributed by atoms with van der Waals surface area (Å²) in [4.78, 5) is 22.4. The van der Waals surface area contributed by atoms with E-state index in [0.717, 1.165) is 0 Å². The molecule has 0 aliphatic heterocycles. The molecule has 0 radical (unpaired) electrons. The number of rotatable bonds is 9. The highest BCUT2D eigenvalue weighted by Gasteiger charge is 2.06. The van der Waals surface area contributed by atoms with Gasteiger partial charge < -0.3 is 14.8 Å². The van der Waals surface area contributed by atoms with Crippen molar-refractivity contribution in [3.63, 3.8) is 0 Å². The van der Waals surface area contributed by atoms with Gasteiger partial charge in [0.2, 0.25) is 0 Å². The van der Waals surface area contributed by atoms with Crippen molar-refractivity contribution in [2.45, 2.75) is 34.1 Å². The molecule has 0 atom stereocenters. The van der Waals surface area contributed by atoms with E-state index in [2.05, 4.69) is 5.32 Å². The van der Waals surface area contributed by atoms with Crippen LogP contribution < -0.4 is 5.32 Å². The Balaban J connectivity index is 3.35. The number of Topliss-reactive ketones (excluding diaryl/α,β-unsaturated/α-hetero) is 1. The molecular weight excluding hydrogens is 234 g/mol. The lowest BCUT2D eigenvalue weighted by molar-refractivity contribution is -0.122. The molecule has 5 heteroatoms. The molecule has 1 amide bonds. The predicted molar refractivity (Wildman–Crippen MR) is 69.5 cm³/mol. The fourth-order valence-corrected chi connectivity index (χ4v) is 1.08. The first-order valence-electron chi connectivity index (χ1n) is 6.44. The van der Waals surface area contributed by atoms with Gasteiger partial charge in [-0.3, -0.25) is 4.79 Å². The Labute approximate surface area is 109 Å². The van der Waals surface area contributed by atoms with Gasteiger partial charge in [0, 0.05) is 18.9 Å². The van der Waals surface area contributed by atoms with Crippen molar-refractivity contribution in [2.24, 2.45) is 11.8 Å². The van der Waals surface area contributed by atoms with Crippen LogP contribution in [0, 0.1) is 11.8 Å². The van der Waals surface area contributed by atoms with Crippen molar-refractivity contribution in [1.29, 1.82) is 0 Å². The summed E-state index contributed by atoms with van der Waals surface area (Å²) in [6.45, 7) is 9.29. The molecule has 0 spiro atoms. The third kappa shape index (κ3) is 10.1. The third-order valence-corrected chi connectivity index (χ3v) is 2.20. The summed E-state index contributed by atoms with van der Waals surface area (Å²) >= 11 is 0. The summed E-state index contributed by atoms with van der Waals surface area (Å²) in [6, 6.07) is 0. The smallest absolute Gasteiger partial charge is 0.407 e. The Morgan fingerprint density at radius 2 is 1.78 bits per heavy atom. The van der Waals surface area contributed by atoms with Crippen LogP contribution in [0.3, 0.4) is 0 Å². The Morgan fingerprint density at radius 1 is 1.11 bits per heavy atom. The van der Waals surface area contributed by atoms with E-state index in [1.807, 2.05) is 27.7 Å². The summed E-state index contributed by atoms with van der Waals surface area (Å²) < 4.78 is 10.2. The van der Waals surface area contributed by atoms with Gasteiger partial charge in [-0.2, -0.15) is 0 Å². The Morgan fingerprint density at radius 3 is 2.33 bits per heavy atom. The number of ketones is 1. The molecule has 0 saturated carbocycles. The first-order valence-corrected chi connectivity index (χ1v) is 6.44. The molecular formula is C13H25NO4. The van der Waals surface area contributed by atoms with Crippen molar-refractivity contribution in [2.75, 3.05) is 26.4 Å². The SMILES string of the molecule is CC(C)COC(=O)NCCOCCC(=O)C(C)C. The fourth-order valence-electron chi connectivity index (χ4n) is 1.08. The van der Waals surface area contributed by atoms with E-state index >= 15 is 0 Å². The van der Waals surface area contributed by atoms with Crippen LogP contribution in [-0.4, -0.2) is 38.2 Å². The summed E-state index contributed by atoms with van der Waals surface area (Å²) in [5.74, 6) is 0.575. The van der Waals surface area contributed by atoms with Crippen LogP contribution in [0.4, 0.5) is 4.79 Å². The highest BCUT2D eigenvalue weighted by molar-refractivity contribution is 5.80. The number of carbonyl (C=O) groups excluding carboxylic acids is 2. The van der Waals surface area contributed by atoms with Gasteiger partial charge in [0.05, 0.1) is 19.8 Å². The molecule has 0 fully saturated rings. The van der Waals surface area contributed by atoms with Gasteiger partial charge in [0.1, 0.15) is 5.78 Å². The minimum atomic E-state index is -0.425. The van der Waals surface area contributed by atoms with Gasteiger partial charge in [0.25, 0.3) is 0 Å². The molecule has 0 aliphatic carbocycles. The molecule has 0 aliphatic rings. The number of alkyl carbamates (subject to hydrolysis) is 1. The lowest BCUT2D eigenvalue weighted by Gasteiger charge is -2.09. The molecule has 0 aromatic heterocycles. The van der Waals surface area contributed by atoms with Crippen molar-refractivity contribution >= 4 is 11.9 Å². The third-order valence-electron chi connectivity index (χ3n) is 2.20. The number of hydrogen-bond acceptors (Lipinski definition) is 4. The molecule has 0 heterocycles. The molecule has 106 valence electrons. The highest BCUT2D eigenvalue weighted by Crippen LogP contribution is 1.98. The largest absolute Gasteiger partial charge is 0.449 e. The zero-order valence-corrected chi connectivity index (χ0v) is 11.8. The molecule has 0 bridgehead atoms. The zero-order chi connectivity index (χ0) is 14.0. The van der Waals surface area contributed by atoms with Crippen molar-refractivity contribution < 1.29 is 19.1 Å². The molecule has 1 N–H and O–H groups in total. The average Bonchev–Trinajstić information content (AvgIpc) is 2.30. The van der Waals surface area contributed by atoms with Gasteiger partial charge in [0.15, 0.2) is 0 Å². The summed E-state index contributed by atoms with van der Waals surface area (Å²) in [6.07, 6.45) is 0.000644. The maximum Gasteiger partial charge on any atom is 0.407 e. The second kappa shape index (κ2) is 9.88. The van der Waals surface area contributed by atoms with Crippen LogP contribution >= 0.6 is 0 Å². The van der Waals surface area contributed by atoms with Gasteiger partial charge in [-0.25, -0.2) is 4.79 Å². The number of carbonyl (C=O) groups is 2. The maximum atomic E-state index is 11.3. The molecule has 0 unspecified atom stereocenters. The quantitative estimate of drug-likeness (QED) is 0.643. The fraction of sp³-hybridized carbons (Fsp3) is 0.846. The minimum absolute atomic E-state index is 0.0535. The van der Waals surface area contributed by atoms with Crippen LogP contribution in [0.2, 0.25) is 0 Å². The Bertz CT molecular complexity index is 251. The summed E-state index contributed by atoms with van der Waals surface area (Å²) in [5, 5.41) is 2.58. The van der Waals surface area contributed by atoms with E-state index in [1.54, 1.807) is 0 Å². The maximum absolute atomic E-state index is 11.3. The second-order valence-electron chi connectivity index (χ2n) is 4.90. The van der Waals surface area contributed by atoms with Crippen LogP contribution in [0.5, 0.6) is 0 Å².